The molecule has 2 N–H and O–H groups in total. The second-order valence-corrected chi connectivity index (χ2v) is 10.4. The molecule has 4 heterocycles. The molecule has 0 radical (unpaired) electrons. The average Bonchev–Trinajstić information content (AvgIpc) is 3.40. The zero-order chi connectivity index (χ0) is 26.6. The van der Waals surface area contributed by atoms with Gasteiger partial charge >= 0.3 is 0 Å². The largest absolute Gasteiger partial charge is 0.379 e. The Morgan fingerprint density at radius 1 is 1.13 bits per heavy atom. The topological polar surface area (TPSA) is 74.7 Å². The number of anilines is 2. The van der Waals surface area contributed by atoms with Crippen molar-refractivity contribution in [2.45, 2.75) is 45.8 Å². The zero-order valence-corrected chi connectivity index (χ0v) is 23.1. The van der Waals surface area contributed by atoms with Crippen LogP contribution in [0.2, 0.25) is 0 Å². The second kappa shape index (κ2) is 11.6. The van der Waals surface area contributed by atoms with Gasteiger partial charge in [-0.1, -0.05) is 6.07 Å². The van der Waals surface area contributed by atoms with Crippen molar-refractivity contribution in [1.82, 2.24) is 19.8 Å². The lowest BCUT2D eigenvalue weighted by Crippen LogP contribution is -2.37. The fraction of sp³-hybridized carbons (Fsp3) is 0.414. The Labute approximate surface area is 230 Å². The van der Waals surface area contributed by atoms with Gasteiger partial charge in [-0.25, -0.2) is 0 Å². The van der Waals surface area contributed by atoms with E-state index in [-0.39, 0.29) is 18.0 Å². The van der Waals surface area contributed by atoms with Crippen molar-refractivity contribution < 1.29 is 9.53 Å². The van der Waals surface area contributed by atoms with Gasteiger partial charge in [0.25, 0.3) is 0 Å². The number of morpholine rings is 1. The van der Waals surface area contributed by atoms with Gasteiger partial charge in [-0.15, -0.1) is 0 Å². The highest BCUT2D eigenvalue weighted by Gasteiger charge is 2.42. The Morgan fingerprint density at radius 2 is 1.89 bits per heavy atom. The summed E-state index contributed by atoms with van der Waals surface area (Å²) in [6.45, 7) is 11.7. The molecule has 2 aliphatic heterocycles. The first kappa shape index (κ1) is 26.3. The minimum absolute atomic E-state index is 0.0665. The summed E-state index contributed by atoms with van der Waals surface area (Å²) < 4.78 is 7.93. The summed E-state index contributed by atoms with van der Waals surface area (Å²) in [6.07, 6.45) is 2.92. The molecule has 3 aromatic rings. The smallest absolute Gasteiger partial charge is 0.221 e. The van der Waals surface area contributed by atoms with Crippen LogP contribution in [0, 0.1) is 13.8 Å². The number of benzene rings is 1. The van der Waals surface area contributed by atoms with Crippen LogP contribution >= 0.6 is 12.2 Å². The summed E-state index contributed by atoms with van der Waals surface area (Å²) in [7, 11) is 0. The number of amides is 1. The fourth-order valence-corrected chi connectivity index (χ4v) is 5.95. The van der Waals surface area contributed by atoms with Crippen LogP contribution in [0.1, 0.15) is 48.1 Å². The summed E-state index contributed by atoms with van der Waals surface area (Å²) in [4.78, 5) is 20.9. The van der Waals surface area contributed by atoms with Crippen molar-refractivity contribution in [2.24, 2.45) is 0 Å². The maximum Gasteiger partial charge on any atom is 0.221 e. The third kappa shape index (κ3) is 5.60. The van der Waals surface area contributed by atoms with E-state index in [1.807, 2.05) is 42.6 Å². The molecule has 2 aromatic heterocycles. The van der Waals surface area contributed by atoms with Crippen LogP contribution in [0.15, 0.2) is 54.7 Å². The van der Waals surface area contributed by atoms with Crippen molar-refractivity contribution in [2.75, 3.05) is 43.1 Å². The van der Waals surface area contributed by atoms with E-state index in [4.69, 9.17) is 17.0 Å². The zero-order valence-electron chi connectivity index (χ0n) is 22.3. The van der Waals surface area contributed by atoms with Crippen LogP contribution in [0.25, 0.3) is 0 Å². The number of thiocarbonyl (C=S) groups is 1. The van der Waals surface area contributed by atoms with Crippen molar-refractivity contribution in [3.63, 3.8) is 0 Å². The Bertz CT molecular complexity index is 1270. The van der Waals surface area contributed by atoms with E-state index in [1.165, 1.54) is 23.9 Å². The van der Waals surface area contributed by atoms with Crippen molar-refractivity contribution in [3.8, 4) is 0 Å². The SMILES string of the molecule is CC(=O)Nc1ccc(N2C(=S)N[C@H](c3ccccn3)[C@@H]2c2cc(C)n(CCCN3CCOCC3)c2C)cc1. The molecule has 0 bridgehead atoms. The van der Waals surface area contributed by atoms with E-state index in [0.29, 0.717) is 5.11 Å². The minimum Gasteiger partial charge on any atom is -0.379 e. The standard InChI is InChI=1S/C29H36N6O2S/c1-20-19-25(21(2)34(20)14-6-13-33-15-17-37-18-16-33)28-27(26-7-4-5-12-30-26)32-29(38)35(28)24-10-8-23(9-11-24)31-22(3)36/h4-5,7-12,19,27-28H,6,13-18H2,1-3H3,(H,31,36)(H,32,38)/t27-,28+/m1/s1. The van der Waals surface area contributed by atoms with Crippen LogP contribution in [0.3, 0.4) is 0 Å². The molecule has 9 heteroatoms. The van der Waals surface area contributed by atoms with E-state index < -0.39 is 0 Å². The molecular formula is C29H36N6O2S. The number of hydrogen-bond acceptors (Lipinski definition) is 5. The predicted octanol–water partition coefficient (Wildman–Crippen LogP) is 4.36. The quantitative estimate of drug-likeness (QED) is 0.418. The van der Waals surface area contributed by atoms with Gasteiger partial charge in [0, 0.05) is 62.1 Å². The normalized spacial score (nSPS) is 20.0. The number of hydrogen-bond donors (Lipinski definition) is 2. The van der Waals surface area contributed by atoms with Gasteiger partial charge < -0.3 is 24.8 Å². The van der Waals surface area contributed by atoms with E-state index in [1.54, 1.807) is 0 Å². The predicted molar refractivity (Wildman–Crippen MR) is 154 cm³/mol. The average molecular weight is 533 g/mol. The Kier molecular flexibility index (Phi) is 8.06. The van der Waals surface area contributed by atoms with Gasteiger partial charge in [0.15, 0.2) is 5.11 Å². The summed E-state index contributed by atoms with van der Waals surface area (Å²) in [6, 6.07) is 16.0. The van der Waals surface area contributed by atoms with Gasteiger partial charge in [-0.2, -0.15) is 0 Å². The molecule has 1 amide bonds. The molecule has 0 saturated carbocycles. The number of ether oxygens (including phenoxy) is 1. The second-order valence-electron chi connectivity index (χ2n) is 10.0. The molecule has 0 aliphatic carbocycles. The van der Waals surface area contributed by atoms with Crippen molar-refractivity contribution in [3.05, 3.63) is 77.4 Å². The molecule has 2 aliphatic rings. The van der Waals surface area contributed by atoms with Gasteiger partial charge in [0.2, 0.25) is 5.91 Å². The Morgan fingerprint density at radius 3 is 2.58 bits per heavy atom. The number of rotatable bonds is 8. The highest BCUT2D eigenvalue weighted by Crippen LogP contribution is 2.43. The van der Waals surface area contributed by atoms with Crippen LogP contribution < -0.4 is 15.5 Å². The Balaban J connectivity index is 1.45. The maximum absolute atomic E-state index is 11.5. The monoisotopic (exact) mass is 532 g/mol. The number of aromatic nitrogens is 2. The van der Waals surface area contributed by atoms with Crippen molar-refractivity contribution in [1.29, 1.82) is 0 Å². The van der Waals surface area contributed by atoms with Gasteiger partial charge in [-0.05, 0) is 80.5 Å². The van der Waals surface area contributed by atoms with E-state index in [2.05, 4.69) is 56.0 Å². The van der Waals surface area contributed by atoms with Gasteiger partial charge in [-0.3, -0.25) is 14.7 Å². The number of carbonyl (C=O) groups excluding carboxylic acids is 1. The summed E-state index contributed by atoms with van der Waals surface area (Å²) in [5.74, 6) is -0.0923. The molecule has 0 unspecified atom stereocenters. The number of pyridine rings is 1. The number of nitrogens with one attached hydrogen (secondary N) is 2. The van der Waals surface area contributed by atoms with E-state index >= 15 is 0 Å². The number of carbonyl (C=O) groups is 1. The molecule has 8 nitrogen and oxygen atoms in total. The lowest BCUT2D eigenvalue weighted by Gasteiger charge is -2.28. The molecule has 38 heavy (non-hydrogen) atoms. The lowest BCUT2D eigenvalue weighted by atomic mass is 9.96. The molecule has 1 aromatic carbocycles. The minimum atomic E-state index is -0.0963. The molecular weight excluding hydrogens is 496 g/mol. The van der Waals surface area contributed by atoms with Crippen LogP contribution in [0.4, 0.5) is 11.4 Å². The summed E-state index contributed by atoms with van der Waals surface area (Å²) >= 11 is 5.90. The van der Waals surface area contributed by atoms with Crippen LogP contribution in [-0.2, 0) is 16.1 Å². The first-order chi connectivity index (χ1) is 18.4. The number of aryl methyl sites for hydroxylation is 1. The van der Waals surface area contributed by atoms with Crippen LogP contribution in [0.5, 0.6) is 0 Å². The fourth-order valence-electron chi connectivity index (χ4n) is 5.61. The lowest BCUT2D eigenvalue weighted by molar-refractivity contribution is -0.114. The Hall–Kier alpha value is -3.27. The van der Waals surface area contributed by atoms with Gasteiger partial charge in [0.05, 0.1) is 31.0 Å². The molecule has 2 atom stereocenters. The maximum atomic E-state index is 11.5. The highest BCUT2D eigenvalue weighted by atomic mass is 32.1. The molecule has 200 valence electrons. The van der Waals surface area contributed by atoms with E-state index in [0.717, 1.165) is 62.9 Å². The van der Waals surface area contributed by atoms with Crippen molar-refractivity contribution >= 4 is 34.6 Å². The molecule has 2 fully saturated rings. The number of nitrogens with zero attached hydrogens (tertiary/aromatic N) is 4. The van der Waals surface area contributed by atoms with Crippen LogP contribution in [-0.4, -0.2) is 58.3 Å². The molecule has 0 spiro atoms. The third-order valence-electron chi connectivity index (χ3n) is 7.46. The third-order valence-corrected chi connectivity index (χ3v) is 7.77. The summed E-state index contributed by atoms with van der Waals surface area (Å²) in [5.41, 5.74) is 6.42. The molecule has 2 saturated heterocycles. The molecule has 5 rings (SSSR count). The summed E-state index contributed by atoms with van der Waals surface area (Å²) in [5, 5.41) is 7.06. The van der Waals surface area contributed by atoms with E-state index in [9.17, 15) is 4.79 Å². The first-order valence-corrected chi connectivity index (χ1v) is 13.7. The highest BCUT2D eigenvalue weighted by molar-refractivity contribution is 7.80. The first-order valence-electron chi connectivity index (χ1n) is 13.3. The van der Waals surface area contributed by atoms with Gasteiger partial charge in [0.1, 0.15) is 0 Å².